The first-order valence-corrected chi connectivity index (χ1v) is 9.59. The van der Waals surface area contributed by atoms with E-state index in [1.807, 2.05) is 42.9 Å². The Labute approximate surface area is 174 Å². The lowest BCUT2D eigenvalue weighted by Crippen LogP contribution is -2.28. The van der Waals surface area contributed by atoms with E-state index in [1.165, 1.54) is 24.3 Å². The van der Waals surface area contributed by atoms with Crippen molar-refractivity contribution >= 4 is 16.6 Å². The Morgan fingerprint density at radius 2 is 1.80 bits per heavy atom. The van der Waals surface area contributed by atoms with Crippen molar-refractivity contribution in [1.82, 2.24) is 14.5 Å². The largest absolute Gasteiger partial charge is 0.379 e. The predicted octanol–water partition coefficient (Wildman–Crippen LogP) is 4.92. The first-order valence-electron chi connectivity index (χ1n) is 9.59. The third-order valence-corrected chi connectivity index (χ3v) is 5.51. The molecule has 2 heterocycles. The van der Waals surface area contributed by atoms with Gasteiger partial charge in [0.2, 0.25) is 0 Å². The third kappa shape index (κ3) is 3.57. The van der Waals surface area contributed by atoms with Crippen LogP contribution in [0.2, 0.25) is 0 Å². The lowest BCUT2D eigenvalue weighted by Gasteiger charge is -2.27. The Bertz CT molecular complexity index is 1240. The van der Waals surface area contributed by atoms with Gasteiger partial charge >= 0.3 is 0 Å². The molecule has 2 aromatic heterocycles. The number of benzene rings is 2. The van der Waals surface area contributed by atoms with Crippen LogP contribution in [0.4, 0.5) is 10.2 Å². The Kier molecular flexibility index (Phi) is 4.87. The Hall–Kier alpha value is -3.51. The molecule has 0 aliphatic heterocycles. The van der Waals surface area contributed by atoms with E-state index in [9.17, 15) is 9.50 Å². The van der Waals surface area contributed by atoms with E-state index < -0.39 is 5.60 Å². The zero-order valence-electron chi connectivity index (χ0n) is 17.1. The van der Waals surface area contributed by atoms with Crippen molar-refractivity contribution in [3.63, 3.8) is 0 Å². The number of pyridine rings is 1. The van der Waals surface area contributed by atoms with E-state index in [4.69, 9.17) is 0 Å². The Morgan fingerprint density at radius 3 is 2.47 bits per heavy atom. The molecular formula is C24H23FN4O. The van der Waals surface area contributed by atoms with Crippen molar-refractivity contribution < 1.29 is 9.50 Å². The van der Waals surface area contributed by atoms with Gasteiger partial charge in [-0.1, -0.05) is 30.8 Å². The second kappa shape index (κ2) is 7.39. The molecule has 0 spiro atoms. The topological polar surface area (TPSA) is 63.0 Å². The molecule has 0 radical (unpaired) electrons. The summed E-state index contributed by atoms with van der Waals surface area (Å²) in [4.78, 5) is 8.80. The van der Waals surface area contributed by atoms with Gasteiger partial charge in [-0.3, -0.25) is 0 Å². The molecule has 0 amide bonds. The van der Waals surface area contributed by atoms with Crippen molar-refractivity contribution in [3.05, 3.63) is 90.4 Å². The average molecular weight is 402 g/mol. The van der Waals surface area contributed by atoms with Crippen LogP contribution in [-0.2, 0) is 12.6 Å². The minimum absolute atomic E-state index is 0.347. The molecule has 1 unspecified atom stereocenters. The highest BCUT2D eigenvalue weighted by atomic mass is 19.1. The summed E-state index contributed by atoms with van der Waals surface area (Å²) in [5.41, 5.74) is 1.58. The van der Waals surface area contributed by atoms with Gasteiger partial charge in [-0.25, -0.2) is 14.4 Å². The third-order valence-electron chi connectivity index (χ3n) is 5.51. The standard InChI is InChI=1S/C24H23FN4O/c1-15(24(3,30)20-7-9-21(25)10-8-20)28-23-12-19-11-17(5-6-18(19)13-27-23)22-14-26-16(2)29(22)4/h5-14,30H,1H2,2-4H3,(H,27,28). The van der Waals surface area contributed by atoms with E-state index >= 15 is 0 Å². The number of aryl methyl sites for hydroxylation is 1. The number of nitrogens with one attached hydrogen (secondary N) is 1. The minimum atomic E-state index is -1.39. The smallest absolute Gasteiger partial charge is 0.130 e. The van der Waals surface area contributed by atoms with E-state index in [0.717, 1.165) is 27.9 Å². The molecule has 0 aliphatic carbocycles. The molecule has 6 heteroatoms. The molecule has 30 heavy (non-hydrogen) atoms. The van der Waals surface area contributed by atoms with Gasteiger partial charge in [0.15, 0.2) is 0 Å². The molecule has 5 nitrogen and oxygen atoms in total. The maximum absolute atomic E-state index is 13.2. The van der Waals surface area contributed by atoms with Crippen LogP contribution in [0.5, 0.6) is 0 Å². The summed E-state index contributed by atoms with van der Waals surface area (Å²) in [7, 11) is 1.99. The van der Waals surface area contributed by atoms with Crippen molar-refractivity contribution in [2.24, 2.45) is 7.05 Å². The summed E-state index contributed by atoms with van der Waals surface area (Å²) < 4.78 is 15.3. The molecule has 0 saturated carbocycles. The number of halogens is 1. The normalized spacial score (nSPS) is 13.2. The fourth-order valence-electron chi connectivity index (χ4n) is 3.36. The molecule has 0 bridgehead atoms. The highest BCUT2D eigenvalue weighted by molar-refractivity contribution is 5.88. The summed E-state index contributed by atoms with van der Waals surface area (Å²) in [5, 5.41) is 16.0. The molecule has 1 atom stereocenters. The molecule has 0 aliphatic rings. The summed E-state index contributed by atoms with van der Waals surface area (Å²) in [6, 6.07) is 13.8. The molecule has 2 N–H and O–H groups in total. The summed E-state index contributed by atoms with van der Waals surface area (Å²) in [5.74, 6) is 1.15. The zero-order valence-corrected chi connectivity index (χ0v) is 17.1. The van der Waals surface area contributed by atoms with Gasteiger partial charge in [-0.15, -0.1) is 0 Å². The van der Waals surface area contributed by atoms with Crippen LogP contribution in [0.25, 0.3) is 22.0 Å². The SMILES string of the molecule is C=C(Nc1cc2cc(-c3cnc(C)n3C)ccc2cn1)C(C)(O)c1ccc(F)cc1. The maximum Gasteiger partial charge on any atom is 0.130 e. The van der Waals surface area contributed by atoms with Gasteiger partial charge in [0.25, 0.3) is 0 Å². The number of hydrogen-bond acceptors (Lipinski definition) is 4. The molecule has 152 valence electrons. The van der Waals surface area contributed by atoms with Crippen LogP contribution in [-0.4, -0.2) is 19.6 Å². The maximum atomic E-state index is 13.2. The molecule has 0 saturated heterocycles. The van der Waals surface area contributed by atoms with Gasteiger partial charge in [0.05, 0.1) is 11.9 Å². The van der Waals surface area contributed by atoms with Gasteiger partial charge in [0.1, 0.15) is 23.1 Å². The second-order valence-corrected chi connectivity index (χ2v) is 7.56. The Balaban J connectivity index is 1.63. The van der Waals surface area contributed by atoms with Crippen molar-refractivity contribution in [2.45, 2.75) is 19.4 Å². The number of hydrogen-bond donors (Lipinski definition) is 2. The van der Waals surface area contributed by atoms with E-state index in [0.29, 0.717) is 17.1 Å². The lowest BCUT2D eigenvalue weighted by atomic mass is 9.93. The Morgan fingerprint density at radius 1 is 1.07 bits per heavy atom. The summed E-state index contributed by atoms with van der Waals surface area (Å²) in [6.07, 6.45) is 3.63. The first-order chi connectivity index (χ1) is 14.3. The number of aliphatic hydroxyl groups is 1. The van der Waals surface area contributed by atoms with E-state index in [-0.39, 0.29) is 5.82 Å². The number of imidazole rings is 1. The van der Waals surface area contributed by atoms with E-state index in [1.54, 1.807) is 13.1 Å². The van der Waals surface area contributed by atoms with Gasteiger partial charge < -0.3 is 15.0 Å². The number of nitrogens with zero attached hydrogens (tertiary/aromatic N) is 3. The molecular weight excluding hydrogens is 379 g/mol. The van der Waals surface area contributed by atoms with Gasteiger partial charge in [0, 0.05) is 29.9 Å². The molecule has 4 rings (SSSR count). The number of anilines is 1. The minimum Gasteiger partial charge on any atom is -0.379 e. The fraction of sp³-hybridized carbons (Fsp3) is 0.167. The molecule has 0 fully saturated rings. The average Bonchev–Trinajstić information content (AvgIpc) is 3.06. The van der Waals surface area contributed by atoms with Gasteiger partial charge in [-0.05, 0) is 49.1 Å². The monoisotopic (exact) mass is 402 g/mol. The van der Waals surface area contributed by atoms with Crippen LogP contribution in [0.3, 0.4) is 0 Å². The molecule has 4 aromatic rings. The quantitative estimate of drug-likeness (QED) is 0.498. The van der Waals surface area contributed by atoms with Gasteiger partial charge in [-0.2, -0.15) is 0 Å². The van der Waals surface area contributed by atoms with Crippen LogP contribution in [0.15, 0.2) is 73.2 Å². The molecule has 2 aromatic carbocycles. The fourth-order valence-corrected chi connectivity index (χ4v) is 3.36. The second-order valence-electron chi connectivity index (χ2n) is 7.56. The van der Waals surface area contributed by atoms with Crippen LogP contribution < -0.4 is 5.32 Å². The van der Waals surface area contributed by atoms with Crippen LogP contribution in [0.1, 0.15) is 18.3 Å². The number of rotatable bonds is 5. The summed E-state index contributed by atoms with van der Waals surface area (Å²) in [6.45, 7) is 7.55. The van der Waals surface area contributed by atoms with Crippen molar-refractivity contribution in [3.8, 4) is 11.3 Å². The van der Waals surface area contributed by atoms with Crippen molar-refractivity contribution in [1.29, 1.82) is 0 Å². The zero-order chi connectivity index (χ0) is 21.5. The first kappa shape index (κ1) is 19.8. The highest BCUT2D eigenvalue weighted by Gasteiger charge is 2.27. The van der Waals surface area contributed by atoms with Crippen molar-refractivity contribution in [2.75, 3.05) is 5.32 Å². The summed E-state index contributed by atoms with van der Waals surface area (Å²) >= 11 is 0. The van der Waals surface area contributed by atoms with E-state index in [2.05, 4.69) is 27.9 Å². The predicted molar refractivity (Wildman–Crippen MR) is 117 cm³/mol. The number of aromatic nitrogens is 3. The van der Waals surface area contributed by atoms with Crippen LogP contribution in [0, 0.1) is 12.7 Å². The highest BCUT2D eigenvalue weighted by Crippen LogP contribution is 2.30. The number of fused-ring (bicyclic) bond motifs is 1. The van der Waals surface area contributed by atoms with Crippen LogP contribution >= 0.6 is 0 Å². The lowest BCUT2D eigenvalue weighted by molar-refractivity contribution is 0.0992.